The summed E-state index contributed by atoms with van der Waals surface area (Å²) in [6.45, 7) is 5.33. The molecule has 4 aliphatic rings. The van der Waals surface area contributed by atoms with Gasteiger partial charge in [-0.1, -0.05) is 17.8 Å². The molecule has 12 heteroatoms. The number of β-lactam (4-membered cyclic amide) rings is 1. The highest BCUT2D eigenvalue weighted by molar-refractivity contribution is 8.00. The molecular weight excluding hydrogens is 486 g/mol. The van der Waals surface area contributed by atoms with E-state index >= 15 is 0 Å². The number of carbonyl (C=O) groups excluding carboxylic acids is 3. The third-order valence-corrected chi connectivity index (χ3v) is 8.83. The van der Waals surface area contributed by atoms with Crippen LogP contribution in [0.1, 0.15) is 32.1 Å². The largest absolute Gasteiger partial charge is 0.474 e. The first kappa shape index (κ1) is 24.1. The fraction of sp³-hybridized carbons (Fsp3) is 0.524. The number of ether oxygens (including phenoxy) is 1. The van der Waals surface area contributed by atoms with E-state index in [2.05, 4.69) is 10.0 Å². The molecule has 3 N–H and O–H groups in total. The number of quaternary nitrogens is 1. The molecule has 0 radical (unpaired) electrons. The molecule has 5 heterocycles. The van der Waals surface area contributed by atoms with Crippen LogP contribution in [0.3, 0.4) is 0 Å². The summed E-state index contributed by atoms with van der Waals surface area (Å²) in [5, 5.41) is 14.2. The summed E-state index contributed by atoms with van der Waals surface area (Å²) in [6, 6.07) is 2.79. The van der Waals surface area contributed by atoms with E-state index in [1.54, 1.807) is 20.8 Å². The molecule has 2 unspecified atom stereocenters. The Balaban J connectivity index is 1.39. The first-order chi connectivity index (χ1) is 15.6. The molecule has 1 aromatic rings. The highest BCUT2D eigenvalue weighted by Crippen LogP contribution is 2.59. The van der Waals surface area contributed by atoms with Crippen molar-refractivity contribution in [1.29, 1.82) is 0 Å². The second-order valence-corrected chi connectivity index (χ2v) is 12.1. The van der Waals surface area contributed by atoms with Crippen molar-refractivity contribution < 1.29 is 33.5 Å². The predicted octanol–water partition coefficient (Wildman–Crippen LogP) is 2.49. The van der Waals surface area contributed by atoms with Gasteiger partial charge in [0.2, 0.25) is 17.6 Å². The number of rotatable bonds is 8. The van der Waals surface area contributed by atoms with Crippen molar-refractivity contribution in [2.24, 2.45) is 0 Å². The van der Waals surface area contributed by atoms with E-state index in [-0.39, 0.29) is 39.8 Å². The number of thiophene rings is 1. The smallest absolute Gasteiger partial charge is 0.417 e. The lowest BCUT2D eigenvalue weighted by Crippen LogP contribution is -2.88. The van der Waals surface area contributed by atoms with Gasteiger partial charge >= 0.3 is 18.0 Å². The van der Waals surface area contributed by atoms with Crippen LogP contribution in [0.25, 0.3) is 0 Å². The van der Waals surface area contributed by atoms with E-state index in [0.717, 1.165) is 10.5 Å². The molecule has 2 saturated heterocycles. The van der Waals surface area contributed by atoms with Gasteiger partial charge in [0.05, 0.1) is 12.0 Å². The zero-order chi connectivity index (χ0) is 24.0. The maximum absolute atomic E-state index is 13.3. The summed E-state index contributed by atoms with van der Waals surface area (Å²) in [5.74, 6) is -0.576. The minimum Gasteiger partial charge on any atom is -0.474 e. The van der Waals surface area contributed by atoms with Gasteiger partial charge in [-0.15, -0.1) is 11.3 Å². The van der Waals surface area contributed by atoms with Crippen LogP contribution in [-0.2, 0) is 25.5 Å². The lowest BCUT2D eigenvalue weighted by Gasteiger charge is -2.64. The second-order valence-electron chi connectivity index (χ2n) is 9.05. The van der Waals surface area contributed by atoms with Crippen LogP contribution in [0.5, 0.6) is 0 Å². The third-order valence-electron chi connectivity index (χ3n) is 5.78. The van der Waals surface area contributed by atoms with Crippen LogP contribution < -0.4 is 10.0 Å². The third kappa shape index (κ3) is 4.29. The molecule has 2 bridgehead atoms. The summed E-state index contributed by atoms with van der Waals surface area (Å²) < 4.78 is 7.61. The lowest BCUT2D eigenvalue weighted by molar-refractivity contribution is -0.894. The second kappa shape index (κ2) is 8.97. The van der Waals surface area contributed by atoms with Crippen LogP contribution in [0.4, 0.5) is 4.79 Å². The number of fused-ring (bicyclic) bond motifs is 1. The van der Waals surface area contributed by atoms with Crippen LogP contribution in [-0.4, -0.2) is 68.0 Å². The van der Waals surface area contributed by atoms with Crippen LogP contribution >= 0.6 is 35.0 Å². The summed E-state index contributed by atoms with van der Waals surface area (Å²) in [4.78, 5) is 50.4. The highest BCUT2D eigenvalue weighted by Gasteiger charge is 2.79. The molecule has 4 aliphatic heterocycles. The average molecular weight is 513 g/mol. The predicted molar refractivity (Wildman–Crippen MR) is 126 cm³/mol. The van der Waals surface area contributed by atoms with E-state index in [1.165, 1.54) is 35.0 Å². The Morgan fingerprint density at radius 3 is 2.73 bits per heavy atom. The topological polar surface area (TPSA) is 122 Å². The van der Waals surface area contributed by atoms with Crippen molar-refractivity contribution >= 4 is 58.9 Å². The van der Waals surface area contributed by atoms with Crippen molar-refractivity contribution in [3.05, 3.63) is 33.7 Å². The van der Waals surface area contributed by atoms with E-state index in [4.69, 9.17) is 4.74 Å². The van der Waals surface area contributed by atoms with Crippen LogP contribution in [0, 0.1) is 0 Å². The zero-order valence-corrected chi connectivity index (χ0v) is 20.9. The van der Waals surface area contributed by atoms with E-state index in [9.17, 15) is 24.3 Å². The van der Waals surface area contributed by atoms with Gasteiger partial charge in [-0.25, -0.2) is 18.9 Å². The normalized spacial score (nSPS) is 27.7. The van der Waals surface area contributed by atoms with Crippen molar-refractivity contribution in [3.8, 4) is 0 Å². The quantitative estimate of drug-likeness (QED) is 0.210. The molecule has 1 spiro atoms. The maximum Gasteiger partial charge on any atom is 0.417 e. The number of nitrogens with one attached hydrogen (secondary N) is 2. The number of nitrogens with zero attached hydrogens (tertiary/aromatic N) is 1. The Hall–Kier alpha value is -2.02. The van der Waals surface area contributed by atoms with Gasteiger partial charge in [0.15, 0.2) is 5.37 Å². The lowest BCUT2D eigenvalue weighted by atomic mass is 9.79. The molecule has 0 aromatic carbocycles. The Kier molecular flexibility index (Phi) is 6.56. The van der Waals surface area contributed by atoms with Crippen molar-refractivity contribution in [2.45, 2.75) is 56.7 Å². The standard InChI is InChI=1S/C21H25N3O6S3/c1-21(2,3)30-20(29)23-33-8-6-13-12-10-32-18-15(17(26)24(13,18)16(12)19(27)28)22-14(25)9-11-5-4-7-31-11/h4-5,7,13,15,18H,6,8-10H2,1-3H3,(H2-,22,23,25,27,28,29)/p+1/t13?,15-,18+,24?/m1/s1. The van der Waals surface area contributed by atoms with Crippen LogP contribution in [0.15, 0.2) is 28.8 Å². The minimum atomic E-state index is -1.08. The molecule has 33 heavy (non-hydrogen) atoms. The number of carboxylic acids is 1. The average Bonchev–Trinajstić information content (AvgIpc) is 3.21. The first-order valence-corrected chi connectivity index (χ1v) is 13.4. The molecule has 0 saturated carbocycles. The molecule has 2 fully saturated rings. The summed E-state index contributed by atoms with van der Waals surface area (Å²) >= 11 is 4.17. The van der Waals surface area contributed by atoms with Crippen molar-refractivity contribution in [2.75, 3.05) is 11.5 Å². The number of thioether (sulfide) groups is 1. The highest BCUT2D eigenvalue weighted by atomic mass is 32.2. The number of hydrogen-bond donors (Lipinski definition) is 3. The molecule has 5 rings (SSSR count). The minimum absolute atomic E-state index is 0.155. The summed E-state index contributed by atoms with van der Waals surface area (Å²) in [7, 11) is 0. The van der Waals surface area contributed by atoms with Gasteiger partial charge in [0, 0.05) is 22.8 Å². The van der Waals surface area contributed by atoms with Gasteiger partial charge in [-0.2, -0.15) is 0 Å². The number of carbonyl (C=O) groups is 4. The Labute approximate surface area is 204 Å². The van der Waals surface area contributed by atoms with Gasteiger partial charge in [0.25, 0.3) is 0 Å². The Bertz CT molecular complexity index is 1020. The van der Waals surface area contributed by atoms with Crippen molar-refractivity contribution in [1.82, 2.24) is 10.0 Å². The molecule has 9 nitrogen and oxygen atoms in total. The first-order valence-electron chi connectivity index (χ1n) is 10.5. The SMILES string of the molecule is CC(C)(C)OC(=O)NSCCC1C2=C(C(=O)O)[N+]13C(=O)[C@@H](NC(=O)Cc1cccs1)[C@@H]3SC2. The number of carboxylic acid groups (broad SMARTS) is 1. The van der Waals surface area contributed by atoms with Gasteiger partial charge in [-0.05, 0) is 44.2 Å². The van der Waals surface area contributed by atoms with Crippen molar-refractivity contribution in [3.63, 3.8) is 0 Å². The molecule has 178 valence electrons. The summed E-state index contributed by atoms with van der Waals surface area (Å²) in [5.41, 5.74) is 0.333. The number of aliphatic carboxylic acids is 1. The maximum atomic E-state index is 13.3. The number of hydrogen-bond acceptors (Lipinski definition) is 8. The van der Waals surface area contributed by atoms with Gasteiger partial charge in [0.1, 0.15) is 11.6 Å². The Morgan fingerprint density at radius 2 is 2.09 bits per heavy atom. The molecule has 4 atom stereocenters. The fourth-order valence-electron chi connectivity index (χ4n) is 4.67. The summed E-state index contributed by atoms with van der Waals surface area (Å²) in [6.07, 6.45) is 0.189. The molecular formula is C21H26N3O6S3+. The van der Waals surface area contributed by atoms with Crippen LogP contribution in [0.2, 0.25) is 0 Å². The monoisotopic (exact) mass is 512 g/mol. The zero-order valence-electron chi connectivity index (χ0n) is 18.5. The van der Waals surface area contributed by atoms with Gasteiger partial charge < -0.3 is 15.2 Å². The number of amides is 3. The fourth-order valence-corrected chi connectivity index (χ4v) is 7.62. The Morgan fingerprint density at radius 1 is 1.33 bits per heavy atom. The van der Waals surface area contributed by atoms with Gasteiger partial charge in [-0.3, -0.25) is 9.52 Å². The molecule has 3 amide bonds. The van der Waals surface area contributed by atoms with E-state index in [1.807, 2.05) is 17.5 Å². The molecule has 0 aliphatic carbocycles. The van der Waals surface area contributed by atoms with E-state index < -0.39 is 23.7 Å². The van der Waals surface area contributed by atoms with E-state index in [0.29, 0.717) is 17.9 Å². The molecule has 1 aromatic heterocycles.